The number of aryl methyl sites for hydroxylation is 2. The maximum atomic E-state index is 13.3. The topological polar surface area (TPSA) is 84.2 Å². The van der Waals surface area contributed by atoms with Crippen LogP contribution in [0.15, 0.2) is 36.5 Å². The van der Waals surface area contributed by atoms with Crippen LogP contribution in [0.25, 0.3) is 0 Å². The molecule has 0 unspecified atom stereocenters. The zero-order valence-electron chi connectivity index (χ0n) is 21.7. The van der Waals surface area contributed by atoms with Gasteiger partial charge in [0.05, 0.1) is 25.7 Å². The van der Waals surface area contributed by atoms with Crippen molar-refractivity contribution in [3.8, 4) is 5.75 Å². The fourth-order valence-corrected chi connectivity index (χ4v) is 5.60. The molecule has 3 heterocycles. The lowest BCUT2D eigenvalue weighted by Crippen LogP contribution is -2.44. The summed E-state index contributed by atoms with van der Waals surface area (Å²) in [5.41, 5.74) is 3.30. The molecule has 0 radical (unpaired) electrons. The van der Waals surface area contributed by atoms with Crippen LogP contribution in [-0.2, 0) is 34.3 Å². The van der Waals surface area contributed by atoms with Gasteiger partial charge in [-0.25, -0.2) is 5.06 Å². The van der Waals surface area contributed by atoms with Gasteiger partial charge in [-0.1, -0.05) is 26.0 Å². The van der Waals surface area contributed by atoms with Crippen LogP contribution in [0.4, 0.5) is 0 Å². The number of aliphatic carboxylic acids is 1. The Kier molecular flexibility index (Phi) is 8.69. The number of rotatable bonds is 12. The normalized spacial score (nSPS) is 21.4. The molecular formula is C28H39N3O5. The molecule has 2 aliphatic heterocycles. The summed E-state index contributed by atoms with van der Waals surface area (Å²) in [6.45, 7) is 6.37. The second-order valence-electron chi connectivity index (χ2n) is 9.91. The zero-order chi connectivity index (χ0) is 25.7. The largest absolute Gasteiger partial charge is 0.493 e. The van der Waals surface area contributed by atoms with Gasteiger partial charge in [-0.2, -0.15) is 0 Å². The average Bonchev–Trinajstić information content (AvgIpc) is 3.58. The Balaban J connectivity index is 1.60. The Morgan fingerprint density at radius 3 is 2.75 bits per heavy atom. The SMILES string of the molecule is CCCON(CCC)C(=O)CN1C[C@H](c2ccc3c(c2)CCO3)[C@@H](C(=O)O)[C@@H]1CCc1cccn1C. The van der Waals surface area contributed by atoms with Crippen molar-refractivity contribution in [2.45, 2.75) is 57.9 Å². The number of benzene rings is 1. The lowest BCUT2D eigenvalue weighted by molar-refractivity contribution is -0.188. The molecule has 1 amide bonds. The second kappa shape index (κ2) is 11.9. The van der Waals surface area contributed by atoms with Gasteiger partial charge in [0.25, 0.3) is 5.91 Å². The van der Waals surface area contributed by atoms with Crippen molar-refractivity contribution in [2.24, 2.45) is 13.0 Å². The molecule has 8 nitrogen and oxygen atoms in total. The van der Waals surface area contributed by atoms with E-state index in [0.29, 0.717) is 32.7 Å². The van der Waals surface area contributed by atoms with Gasteiger partial charge in [0.2, 0.25) is 0 Å². The molecule has 1 N–H and O–H groups in total. The smallest absolute Gasteiger partial charge is 0.308 e. The molecule has 1 aromatic carbocycles. The molecule has 1 saturated heterocycles. The number of hydrogen-bond donors (Lipinski definition) is 1. The number of nitrogens with zero attached hydrogens (tertiary/aromatic N) is 3. The first-order chi connectivity index (χ1) is 17.4. The van der Waals surface area contributed by atoms with Gasteiger partial charge in [0.1, 0.15) is 5.75 Å². The van der Waals surface area contributed by atoms with Crippen molar-refractivity contribution in [1.29, 1.82) is 0 Å². The first kappa shape index (κ1) is 26.2. The van der Waals surface area contributed by atoms with E-state index >= 15 is 0 Å². The van der Waals surface area contributed by atoms with Gasteiger partial charge in [-0.15, -0.1) is 0 Å². The summed E-state index contributed by atoms with van der Waals surface area (Å²) >= 11 is 0. The van der Waals surface area contributed by atoms with Crippen molar-refractivity contribution in [2.75, 3.05) is 32.8 Å². The van der Waals surface area contributed by atoms with Gasteiger partial charge in [0, 0.05) is 50.4 Å². The minimum Gasteiger partial charge on any atom is -0.493 e. The van der Waals surface area contributed by atoms with Crippen molar-refractivity contribution in [3.05, 3.63) is 53.3 Å². The van der Waals surface area contributed by atoms with E-state index in [1.54, 1.807) is 0 Å². The lowest BCUT2D eigenvalue weighted by atomic mass is 9.83. The summed E-state index contributed by atoms with van der Waals surface area (Å²) in [4.78, 5) is 33.8. The predicted octanol–water partition coefficient (Wildman–Crippen LogP) is 3.64. The highest BCUT2D eigenvalue weighted by molar-refractivity contribution is 5.78. The lowest BCUT2D eigenvalue weighted by Gasteiger charge is -2.29. The summed E-state index contributed by atoms with van der Waals surface area (Å²) < 4.78 is 7.73. The van der Waals surface area contributed by atoms with Gasteiger partial charge >= 0.3 is 5.97 Å². The monoisotopic (exact) mass is 497 g/mol. The maximum Gasteiger partial charge on any atom is 0.308 e. The average molecular weight is 498 g/mol. The summed E-state index contributed by atoms with van der Waals surface area (Å²) in [5, 5.41) is 11.9. The summed E-state index contributed by atoms with van der Waals surface area (Å²) in [5.74, 6) is -0.831. The highest BCUT2D eigenvalue weighted by Crippen LogP contribution is 2.41. The van der Waals surface area contributed by atoms with E-state index < -0.39 is 11.9 Å². The number of amides is 1. The molecule has 4 rings (SSSR count). The number of fused-ring (bicyclic) bond motifs is 1. The van der Waals surface area contributed by atoms with E-state index in [0.717, 1.165) is 48.3 Å². The van der Waals surface area contributed by atoms with Crippen LogP contribution in [0.1, 0.15) is 55.8 Å². The summed E-state index contributed by atoms with van der Waals surface area (Å²) in [7, 11) is 2.00. The fourth-order valence-electron chi connectivity index (χ4n) is 5.60. The molecule has 1 aromatic heterocycles. The Morgan fingerprint density at radius 2 is 2.06 bits per heavy atom. The number of carboxylic acids is 1. The van der Waals surface area contributed by atoms with Crippen molar-refractivity contribution in [3.63, 3.8) is 0 Å². The number of carboxylic acid groups (broad SMARTS) is 1. The van der Waals surface area contributed by atoms with Crippen molar-refractivity contribution in [1.82, 2.24) is 14.5 Å². The van der Waals surface area contributed by atoms with Crippen LogP contribution in [0.2, 0.25) is 0 Å². The number of aromatic nitrogens is 1. The van der Waals surface area contributed by atoms with Crippen LogP contribution >= 0.6 is 0 Å². The number of hydrogen-bond acceptors (Lipinski definition) is 5. The van der Waals surface area contributed by atoms with E-state index in [1.165, 1.54) is 5.06 Å². The Labute approximate surface area is 213 Å². The van der Waals surface area contributed by atoms with E-state index in [-0.39, 0.29) is 24.4 Å². The molecule has 36 heavy (non-hydrogen) atoms. The number of carbonyl (C=O) groups excluding carboxylic acids is 1. The summed E-state index contributed by atoms with van der Waals surface area (Å²) in [6.07, 6.45) is 5.87. The van der Waals surface area contributed by atoms with Crippen LogP contribution in [0, 0.1) is 5.92 Å². The summed E-state index contributed by atoms with van der Waals surface area (Å²) in [6, 6.07) is 9.88. The standard InChI is InChI=1S/C28H39N3O5/c1-4-13-31(36-15-5-2)26(32)19-30-18-23(20-8-11-25-21(17-20)12-16-35-25)27(28(33)34)24(30)10-9-22-7-6-14-29(22)3/h6-8,11,14,17,23-24,27H,4-5,9-10,12-13,15-16,18-19H2,1-3H3,(H,33,34)/t23-,24+,27-/m1/s1. The minimum atomic E-state index is -0.809. The molecular weight excluding hydrogens is 458 g/mol. The van der Waals surface area contributed by atoms with Crippen LogP contribution in [0.5, 0.6) is 5.75 Å². The third-order valence-electron chi connectivity index (χ3n) is 7.42. The molecule has 1 fully saturated rings. The molecule has 2 aromatic rings. The zero-order valence-corrected chi connectivity index (χ0v) is 21.7. The van der Waals surface area contributed by atoms with Crippen LogP contribution in [0.3, 0.4) is 0 Å². The molecule has 2 aliphatic rings. The fraction of sp³-hybridized carbons (Fsp3) is 0.571. The Hall–Kier alpha value is -2.84. The molecule has 196 valence electrons. The minimum absolute atomic E-state index is 0.110. The first-order valence-electron chi connectivity index (χ1n) is 13.2. The quantitative estimate of drug-likeness (QED) is 0.451. The van der Waals surface area contributed by atoms with Gasteiger partial charge in [0.15, 0.2) is 0 Å². The van der Waals surface area contributed by atoms with Gasteiger partial charge in [-0.05, 0) is 55.0 Å². The highest BCUT2D eigenvalue weighted by atomic mass is 16.7. The van der Waals surface area contributed by atoms with Crippen LogP contribution in [-0.4, -0.2) is 70.4 Å². The predicted molar refractivity (Wildman–Crippen MR) is 137 cm³/mol. The molecule has 8 heteroatoms. The second-order valence-corrected chi connectivity index (χ2v) is 9.91. The maximum absolute atomic E-state index is 13.3. The molecule has 0 saturated carbocycles. The number of hydroxylamine groups is 2. The van der Waals surface area contributed by atoms with Crippen LogP contribution < -0.4 is 4.74 Å². The van der Waals surface area contributed by atoms with Crippen molar-refractivity contribution < 1.29 is 24.3 Å². The number of ether oxygens (including phenoxy) is 1. The third kappa shape index (κ3) is 5.76. The molecule has 0 bridgehead atoms. The molecule has 0 aliphatic carbocycles. The van der Waals surface area contributed by atoms with E-state index in [2.05, 4.69) is 21.6 Å². The molecule has 3 atom stereocenters. The third-order valence-corrected chi connectivity index (χ3v) is 7.42. The Morgan fingerprint density at radius 1 is 1.22 bits per heavy atom. The van der Waals surface area contributed by atoms with E-state index in [4.69, 9.17) is 9.57 Å². The van der Waals surface area contributed by atoms with Gasteiger partial charge < -0.3 is 14.4 Å². The first-order valence-corrected chi connectivity index (χ1v) is 13.2. The highest BCUT2D eigenvalue weighted by Gasteiger charge is 2.47. The van der Waals surface area contributed by atoms with E-state index in [9.17, 15) is 14.7 Å². The Bertz CT molecular complexity index is 1050. The van der Waals surface area contributed by atoms with Gasteiger partial charge in [-0.3, -0.25) is 19.3 Å². The molecule has 0 spiro atoms. The van der Waals surface area contributed by atoms with E-state index in [1.807, 2.05) is 45.3 Å². The number of carbonyl (C=O) groups is 2. The number of likely N-dealkylation sites (tertiary alicyclic amines) is 1. The van der Waals surface area contributed by atoms with Crippen molar-refractivity contribution >= 4 is 11.9 Å².